The van der Waals surface area contributed by atoms with Gasteiger partial charge in [-0.2, -0.15) is 10.2 Å². The first kappa shape index (κ1) is 15.3. The van der Waals surface area contributed by atoms with Crippen LogP contribution < -0.4 is 0 Å². The van der Waals surface area contributed by atoms with Crippen molar-refractivity contribution >= 4 is 33.3 Å². The van der Waals surface area contributed by atoms with Crippen LogP contribution in [0.3, 0.4) is 0 Å². The number of benzene rings is 2. The van der Waals surface area contributed by atoms with Gasteiger partial charge >= 0.3 is 0 Å². The van der Waals surface area contributed by atoms with E-state index in [0.717, 1.165) is 17.7 Å². The molecule has 0 unspecified atom stereocenters. The van der Waals surface area contributed by atoms with Crippen molar-refractivity contribution in [1.82, 2.24) is 0 Å². The zero-order chi connectivity index (χ0) is 13.8. The molecule has 19 heavy (non-hydrogen) atoms. The summed E-state index contributed by atoms with van der Waals surface area (Å²) in [5.74, 6) is 0. The molecule has 0 amide bonds. The minimum atomic E-state index is 0.872. The van der Waals surface area contributed by atoms with E-state index in [1.165, 1.54) is 0 Å². The van der Waals surface area contributed by atoms with Gasteiger partial charge in [0.1, 0.15) is 0 Å². The first-order valence-corrected chi connectivity index (χ1v) is 6.25. The van der Waals surface area contributed by atoms with Crippen LogP contribution in [0.5, 0.6) is 0 Å². The molecular formula is C14H15B3N2. The zero-order valence-corrected chi connectivity index (χ0v) is 11.1. The quantitative estimate of drug-likeness (QED) is 0.574. The third-order valence-electron chi connectivity index (χ3n) is 2.17. The van der Waals surface area contributed by atoms with E-state index in [1.807, 2.05) is 74.8 Å². The van der Waals surface area contributed by atoms with E-state index in [9.17, 15) is 0 Å². The van der Waals surface area contributed by atoms with Gasteiger partial charge < -0.3 is 0 Å². The fraction of sp³-hybridized carbons (Fsp3) is 0.143. The molecule has 0 aliphatic heterocycles. The van der Waals surface area contributed by atoms with Gasteiger partial charge in [0.15, 0.2) is 0 Å². The maximum Gasteiger partial charge on any atom is 0.0857 e. The van der Waals surface area contributed by atoms with Gasteiger partial charge in [-0.1, -0.05) is 49.6 Å². The van der Waals surface area contributed by atoms with E-state index in [1.54, 1.807) is 7.06 Å². The Morgan fingerprint density at radius 2 is 1.26 bits per heavy atom. The molecule has 5 heteroatoms. The Morgan fingerprint density at radius 1 is 0.842 bits per heavy atom. The Hall–Kier alpha value is -1.77. The van der Waals surface area contributed by atoms with Crippen LogP contribution in [0.4, 0.5) is 11.4 Å². The molecule has 0 saturated heterocycles. The minimum Gasteiger partial charge on any atom is -0.151 e. The average Bonchev–Trinajstić information content (AvgIpc) is 2.49. The highest BCUT2D eigenvalue weighted by Crippen LogP contribution is 2.16. The molecule has 0 N–H and O–H groups in total. The van der Waals surface area contributed by atoms with Gasteiger partial charge in [-0.15, -0.1) is 0 Å². The van der Waals surface area contributed by atoms with E-state index in [4.69, 9.17) is 7.74 Å². The van der Waals surface area contributed by atoms with Crippen LogP contribution in [-0.2, 0) is 0 Å². The highest BCUT2D eigenvalue weighted by molar-refractivity contribution is 7.23. The van der Waals surface area contributed by atoms with Gasteiger partial charge in [0.25, 0.3) is 0 Å². The molecule has 2 aromatic carbocycles. The van der Waals surface area contributed by atoms with Crippen molar-refractivity contribution in [2.45, 2.75) is 13.2 Å². The first-order valence-electron chi connectivity index (χ1n) is 6.25. The maximum atomic E-state index is 4.96. The van der Waals surface area contributed by atoms with Crippen molar-refractivity contribution in [1.29, 1.82) is 0 Å². The predicted octanol–water partition coefficient (Wildman–Crippen LogP) is 3.93. The summed E-state index contributed by atoms with van der Waals surface area (Å²) in [6, 6.07) is 19.4. The standard InChI is InChI=1S/C12H10N2.C2H5B3/c1-3-7-11(8-4-1)13-14-12-9-5-2-6-10-12;1-2-4-5-3/h1-10H;2H2,1H3. The largest absolute Gasteiger partial charge is 0.151 e. The summed E-state index contributed by atoms with van der Waals surface area (Å²) in [7, 11) is 8.42. The Kier molecular flexibility index (Phi) is 8.20. The number of hydrogen-bond acceptors (Lipinski definition) is 2. The lowest BCUT2D eigenvalue weighted by atomic mass is 9.27. The lowest BCUT2D eigenvalue weighted by Crippen LogP contribution is -1.98. The molecule has 0 aliphatic rings. The summed E-state index contributed by atoms with van der Waals surface area (Å²) in [5.41, 5.74) is 1.74. The molecule has 2 rings (SSSR count). The summed E-state index contributed by atoms with van der Waals surface area (Å²) in [6.07, 6.45) is 1.04. The zero-order valence-electron chi connectivity index (χ0n) is 11.1. The van der Waals surface area contributed by atoms with Crippen LogP contribution in [0.15, 0.2) is 70.9 Å². The maximum absolute atomic E-state index is 4.96. The highest BCUT2D eigenvalue weighted by Gasteiger charge is 1.86. The molecule has 0 saturated carbocycles. The van der Waals surface area contributed by atoms with E-state index < -0.39 is 0 Å². The van der Waals surface area contributed by atoms with Gasteiger partial charge in [-0.05, 0) is 24.3 Å². The van der Waals surface area contributed by atoms with Crippen molar-refractivity contribution in [3.05, 3.63) is 60.7 Å². The molecule has 0 aliphatic carbocycles. The lowest BCUT2D eigenvalue weighted by molar-refractivity contribution is 1.23. The fourth-order valence-corrected chi connectivity index (χ4v) is 1.24. The number of nitrogens with zero attached hydrogens (tertiary/aromatic N) is 2. The second kappa shape index (κ2) is 10.2. The third kappa shape index (κ3) is 7.30. The number of rotatable bonds is 4. The molecule has 0 spiro atoms. The van der Waals surface area contributed by atoms with Crippen molar-refractivity contribution in [2.75, 3.05) is 0 Å². The summed E-state index contributed by atoms with van der Waals surface area (Å²) < 4.78 is 0. The predicted molar refractivity (Wildman–Crippen MR) is 84.8 cm³/mol. The van der Waals surface area contributed by atoms with Crippen molar-refractivity contribution in [3.8, 4) is 0 Å². The van der Waals surface area contributed by atoms with Gasteiger partial charge in [-0.25, -0.2) is 0 Å². The van der Waals surface area contributed by atoms with Crippen LogP contribution in [0, 0.1) is 0 Å². The van der Waals surface area contributed by atoms with Gasteiger partial charge in [0, 0.05) is 14.8 Å². The number of azo groups is 1. The van der Waals surface area contributed by atoms with Crippen LogP contribution in [0.25, 0.3) is 0 Å². The molecular weight excluding hydrogens is 229 g/mol. The third-order valence-corrected chi connectivity index (χ3v) is 2.17. The Balaban J connectivity index is 0.000000312. The Morgan fingerprint density at radius 3 is 1.53 bits per heavy atom. The second-order valence-corrected chi connectivity index (χ2v) is 3.71. The van der Waals surface area contributed by atoms with Gasteiger partial charge in [0.05, 0.1) is 18.5 Å². The molecule has 0 bridgehead atoms. The monoisotopic (exact) mass is 244 g/mol. The second-order valence-electron chi connectivity index (χ2n) is 3.71. The molecule has 2 aromatic rings. The molecule has 0 atom stereocenters. The van der Waals surface area contributed by atoms with E-state index in [0.29, 0.717) is 0 Å². The van der Waals surface area contributed by atoms with Crippen molar-refractivity contribution in [2.24, 2.45) is 10.2 Å². The van der Waals surface area contributed by atoms with E-state index >= 15 is 0 Å². The topological polar surface area (TPSA) is 24.7 Å². The number of hydrogen-bond donors (Lipinski definition) is 0. The van der Waals surface area contributed by atoms with Gasteiger partial charge in [0.2, 0.25) is 0 Å². The fourth-order valence-electron chi connectivity index (χ4n) is 1.24. The Bertz CT molecular complexity index is 417. The van der Waals surface area contributed by atoms with Gasteiger partial charge in [-0.3, -0.25) is 0 Å². The molecule has 0 heterocycles. The molecule has 90 valence electrons. The van der Waals surface area contributed by atoms with Crippen LogP contribution in [0.2, 0.25) is 6.32 Å². The van der Waals surface area contributed by atoms with Crippen molar-refractivity contribution in [3.63, 3.8) is 0 Å². The summed E-state index contributed by atoms with van der Waals surface area (Å²) in [4.78, 5) is 0. The Labute approximate surface area is 118 Å². The molecule has 2 nitrogen and oxygen atoms in total. The van der Waals surface area contributed by atoms with E-state index in [2.05, 4.69) is 10.2 Å². The summed E-state index contributed by atoms with van der Waals surface area (Å²) in [5, 5.41) is 8.20. The van der Waals surface area contributed by atoms with Crippen LogP contribution in [0.1, 0.15) is 6.92 Å². The van der Waals surface area contributed by atoms with Crippen molar-refractivity contribution < 1.29 is 0 Å². The average molecular weight is 244 g/mol. The highest BCUT2D eigenvalue weighted by atomic mass is 15.1. The SMILES string of the molecule is [B][B][B]CC.c1ccc(N=Nc2ccccc2)cc1. The summed E-state index contributed by atoms with van der Waals surface area (Å²) >= 11 is 0. The van der Waals surface area contributed by atoms with Crippen LogP contribution >= 0.6 is 0 Å². The van der Waals surface area contributed by atoms with E-state index in [-0.39, 0.29) is 0 Å². The molecule has 0 aromatic heterocycles. The normalized spacial score (nSPS) is 9.53. The van der Waals surface area contributed by atoms with Crippen LogP contribution in [-0.4, -0.2) is 22.0 Å². The lowest BCUT2D eigenvalue weighted by Gasteiger charge is -1.91. The molecule has 0 fully saturated rings. The minimum absolute atomic E-state index is 0.872. The first-order chi connectivity index (χ1) is 9.36. The molecule has 4 radical (unpaired) electrons. The summed E-state index contributed by atoms with van der Waals surface area (Å²) in [6.45, 7) is 2.04. The smallest absolute Gasteiger partial charge is 0.0857 e.